The summed E-state index contributed by atoms with van der Waals surface area (Å²) >= 11 is 0. The monoisotopic (exact) mass is 254 g/mol. The van der Waals surface area contributed by atoms with E-state index in [4.69, 9.17) is 9.47 Å². The van der Waals surface area contributed by atoms with Crippen LogP contribution in [-0.2, 0) is 14.3 Å². The summed E-state index contributed by atoms with van der Waals surface area (Å²) in [6, 6.07) is 0. The van der Waals surface area contributed by atoms with Crippen LogP contribution in [-0.4, -0.2) is 25.8 Å². The Kier molecular flexibility index (Phi) is 14.8. The number of carbonyl (C=O) groups excluding carboxylic acids is 1. The van der Waals surface area contributed by atoms with Crippen molar-refractivity contribution in [3.05, 3.63) is 36.5 Å². The highest BCUT2D eigenvalue weighted by Crippen LogP contribution is 2.14. The van der Waals surface area contributed by atoms with Crippen LogP contribution in [0.1, 0.15) is 34.1 Å². The van der Waals surface area contributed by atoms with Crippen LogP contribution in [0.3, 0.4) is 0 Å². The van der Waals surface area contributed by atoms with E-state index in [0.29, 0.717) is 30.6 Å². The van der Waals surface area contributed by atoms with Gasteiger partial charge >= 0.3 is 0 Å². The SMILES string of the molecule is C=C/C(C=O)=C\C(=C)C1OCCO1.CC.CCC. The van der Waals surface area contributed by atoms with Crippen molar-refractivity contribution in [3.63, 3.8) is 0 Å². The van der Waals surface area contributed by atoms with Gasteiger partial charge in [0.1, 0.15) is 6.29 Å². The van der Waals surface area contributed by atoms with Gasteiger partial charge in [0.15, 0.2) is 6.29 Å². The van der Waals surface area contributed by atoms with E-state index in [0.717, 1.165) is 0 Å². The van der Waals surface area contributed by atoms with E-state index in [9.17, 15) is 4.79 Å². The van der Waals surface area contributed by atoms with Gasteiger partial charge in [-0.2, -0.15) is 0 Å². The molecular weight excluding hydrogens is 228 g/mol. The van der Waals surface area contributed by atoms with Crippen LogP contribution in [0.4, 0.5) is 0 Å². The first kappa shape index (κ1) is 19.2. The molecule has 0 aromatic rings. The smallest absolute Gasteiger partial charge is 0.183 e. The molecule has 0 N–H and O–H groups in total. The molecule has 0 unspecified atom stereocenters. The molecule has 3 heteroatoms. The fourth-order valence-electron chi connectivity index (χ4n) is 0.996. The highest BCUT2D eigenvalue weighted by atomic mass is 16.7. The summed E-state index contributed by atoms with van der Waals surface area (Å²) in [6.07, 6.45) is 4.63. The third-order valence-corrected chi connectivity index (χ3v) is 1.65. The molecule has 1 aliphatic rings. The Morgan fingerprint density at radius 2 is 1.72 bits per heavy atom. The minimum Gasteiger partial charge on any atom is -0.346 e. The predicted molar refractivity (Wildman–Crippen MR) is 76.5 cm³/mol. The lowest BCUT2D eigenvalue weighted by Gasteiger charge is -2.08. The molecule has 0 atom stereocenters. The van der Waals surface area contributed by atoms with Crippen molar-refractivity contribution < 1.29 is 14.3 Å². The van der Waals surface area contributed by atoms with Crippen LogP contribution in [0.25, 0.3) is 0 Å². The maximum absolute atomic E-state index is 10.4. The van der Waals surface area contributed by atoms with Gasteiger partial charge in [-0.05, 0) is 6.08 Å². The summed E-state index contributed by atoms with van der Waals surface area (Å²) in [4.78, 5) is 10.4. The molecule has 0 amide bonds. The van der Waals surface area contributed by atoms with Gasteiger partial charge in [0.05, 0.1) is 13.2 Å². The minimum absolute atomic E-state index is 0.408. The van der Waals surface area contributed by atoms with E-state index >= 15 is 0 Å². The molecule has 1 heterocycles. The Labute approximate surface area is 111 Å². The number of ether oxygens (including phenoxy) is 2. The zero-order valence-corrected chi connectivity index (χ0v) is 12.1. The van der Waals surface area contributed by atoms with Crippen molar-refractivity contribution in [1.82, 2.24) is 0 Å². The van der Waals surface area contributed by atoms with Gasteiger partial charge in [0.25, 0.3) is 0 Å². The maximum atomic E-state index is 10.4. The van der Waals surface area contributed by atoms with Crippen LogP contribution in [0.15, 0.2) is 36.5 Å². The molecule has 18 heavy (non-hydrogen) atoms. The van der Waals surface area contributed by atoms with Crippen LogP contribution in [0.5, 0.6) is 0 Å². The van der Waals surface area contributed by atoms with Gasteiger partial charge in [0, 0.05) is 11.1 Å². The Morgan fingerprint density at radius 3 is 2.06 bits per heavy atom. The van der Waals surface area contributed by atoms with E-state index < -0.39 is 6.29 Å². The summed E-state index contributed by atoms with van der Waals surface area (Å²) in [5.41, 5.74) is 1.11. The number of carbonyl (C=O) groups is 1. The fraction of sp³-hybridized carbons (Fsp3) is 0.533. The molecular formula is C15H26O3. The summed E-state index contributed by atoms with van der Waals surface area (Å²) in [5.74, 6) is 0. The maximum Gasteiger partial charge on any atom is 0.183 e. The van der Waals surface area contributed by atoms with Gasteiger partial charge in [-0.1, -0.05) is 53.3 Å². The van der Waals surface area contributed by atoms with Gasteiger partial charge in [-0.15, -0.1) is 0 Å². The van der Waals surface area contributed by atoms with Crippen molar-refractivity contribution in [1.29, 1.82) is 0 Å². The average molecular weight is 254 g/mol. The normalized spacial score (nSPS) is 14.8. The lowest BCUT2D eigenvalue weighted by atomic mass is 10.2. The van der Waals surface area contributed by atoms with Crippen molar-refractivity contribution in [2.24, 2.45) is 0 Å². The second-order valence-corrected chi connectivity index (χ2v) is 3.32. The number of rotatable bonds is 4. The Hall–Kier alpha value is -1.19. The van der Waals surface area contributed by atoms with Gasteiger partial charge < -0.3 is 9.47 Å². The van der Waals surface area contributed by atoms with E-state index in [1.54, 1.807) is 6.08 Å². The molecule has 3 nitrogen and oxygen atoms in total. The van der Waals surface area contributed by atoms with Crippen LogP contribution >= 0.6 is 0 Å². The summed E-state index contributed by atoms with van der Waals surface area (Å²) in [6.45, 7) is 16.6. The van der Waals surface area contributed by atoms with Gasteiger partial charge in [-0.3, -0.25) is 4.79 Å². The largest absolute Gasteiger partial charge is 0.346 e. The molecule has 1 saturated heterocycles. The molecule has 0 aromatic heterocycles. The van der Waals surface area contributed by atoms with E-state index in [1.807, 2.05) is 13.8 Å². The molecule has 104 valence electrons. The number of allylic oxidation sites excluding steroid dienone is 2. The van der Waals surface area contributed by atoms with Crippen LogP contribution < -0.4 is 0 Å². The molecule has 1 fully saturated rings. The van der Waals surface area contributed by atoms with E-state index in [1.165, 1.54) is 12.5 Å². The quantitative estimate of drug-likeness (QED) is 0.436. The predicted octanol–water partition coefficient (Wildman–Crippen LogP) is 3.67. The first-order chi connectivity index (χ1) is 8.69. The highest BCUT2D eigenvalue weighted by Gasteiger charge is 2.17. The van der Waals surface area contributed by atoms with E-state index in [2.05, 4.69) is 27.0 Å². The standard InChI is InChI=1S/C10H12O3.C3H8.C2H6/c1-3-9(7-11)6-8(2)10-12-4-5-13-10;1-3-2;1-2/h3,6-7,10H,1-2,4-5H2;3H2,1-2H3;1-2H3/b9-6+;;. The van der Waals surface area contributed by atoms with Crippen LogP contribution in [0.2, 0.25) is 0 Å². The van der Waals surface area contributed by atoms with Crippen LogP contribution in [0, 0.1) is 0 Å². The molecule has 1 rings (SSSR count). The molecule has 0 radical (unpaired) electrons. The third-order valence-electron chi connectivity index (χ3n) is 1.65. The molecule has 0 aromatic carbocycles. The number of aldehydes is 1. The second kappa shape index (κ2) is 13.9. The third kappa shape index (κ3) is 8.90. The van der Waals surface area contributed by atoms with Gasteiger partial charge in [-0.25, -0.2) is 0 Å². The Bertz CT molecular complexity index is 251. The zero-order valence-electron chi connectivity index (χ0n) is 12.1. The molecule has 0 aliphatic carbocycles. The lowest BCUT2D eigenvalue weighted by molar-refractivity contribution is -0.104. The number of hydrogen-bond acceptors (Lipinski definition) is 3. The average Bonchev–Trinajstić information content (AvgIpc) is 2.93. The van der Waals surface area contributed by atoms with Crippen molar-refractivity contribution in [2.75, 3.05) is 13.2 Å². The van der Waals surface area contributed by atoms with Crippen molar-refractivity contribution in [3.8, 4) is 0 Å². The topological polar surface area (TPSA) is 35.5 Å². The van der Waals surface area contributed by atoms with E-state index in [-0.39, 0.29) is 0 Å². The molecule has 0 bridgehead atoms. The Balaban J connectivity index is 0. The highest BCUT2D eigenvalue weighted by molar-refractivity contribution is 5.78. The lowest BCUT2D eigenvalue weighted by Crippen LogP contribution is -2.09. The zero-order chi connectivity index (χ0) is 14.4. The Morgan fingerprint density at radius 1 is 1.28 bits per heavy atom. The molecule has 1 aliphatic heterocycles. The summed E-state index contributed by atoms with van der Waals surface area (Å²) in [5, 5.41) is 0. The number of hydrogen-bond donors (Lipinski definition) is 0. The first-order valence-corrected chi connectivity index (χ1v) is 6.40. The second-order valence-electron chi connectivity index (χ2n) is 3.32. The van der Waals surface area contributed by atoms with Gasteiger partial charge in [0.2, 0.25) is 0 Å². The first-order valence-electron chi connectivity index (χ1n) is 6.40. The molecule has 0 saturated carbocycles. The van der Waals surface area contributed by atoms with Crippen molar-refractivity contribution >= 4 is 6.29 Å². The van der Waals surface area contributed by atoms with Crippen molar-refractivity contribution in [2.45, 2.75) is 40.4 Å². The molecule has 0 spiro atoms. The fourth-order valence-corrected chi connectivity index (χ4v) is 0.996. The minimum atomic E-state index is -0.408. The summed E-state index contributed by atoms with van der Waals surface area (Å²) < 4.78 is 10.4. The summed E-state index contributed by atoms with van der Waals surface area (Å²) in [7, 11) is 0.